The Hall–Kier alpha value is -3.97. The fraction of sp³-hybridized carbons (Fsp3) is 0. The highest BCUT2D eigenvalue weighted by Crippen LogP contribution is 2.34. The van der Waals surface area contributed by atoms with Crippen LogP contribution < -0.4 is 0 Å². The van der Waals surface area contributed by atoms with Crippen LogP contribution >= 0.6 is 11.6 Å². The van der Waals surface area contributed by atoms with Gasteiger partial charge in [-0.25, -0.2) is 4.98 Å². The third-order valence-corrected chi connectivity index (χ3v) is 5.33. The number of pyridine rings is 1. The van der Waals surface area contributed by atoms with Crippen molar-refractivity contribution in [1.82, 2.24) is 34.3 Å². The average molecular weight is 412 g/mol. The molecular formula is C22H14ClN7. The number of nitrogens with zero attached hydrogens (tertiary/aromatic N) is 6. The molecule has 1 N–H and O–H groups in total. The third kappa shape index (κ3) is 2.60. The lowest BCUT2D eigenvalue weighted by Gasteiger charge is -2.09. The Labute approximate surface area is 175 Å². The molecule has 6 rings (SSSR count). The first-order valence-corrected chi connectivity index (χ1v) is 9.73. The van der Waals surface area contributed by atoms with Gasteiger partial charge in [0.1, 0.15) is 23.4 Å². The molecule has 0 fully saturated rings. The highest BCUT2D eigenvalue weighted by molar-refractivity contribution is 6.30. The number of aromatic nitrogens is 7. The summed E-state index contributed by atoms with van der Waals surface area (Å²) >= 11 is 6.27. The number of halogens is 1. The summed E-state index contributed by atoms with van der Waals surface area (Å²) in [4.78, 5) is 4.86. The van der Waals surface area contributed by atoms with Crippen molar-refractivity contribution in [2.45, 2.75) is 0 Å². The summed E-state index contributed by atoms with van der Waals surface area (Å²) in [7, 11) is 0. The maximum absolute atomic E-state index is 6.27. The molecule has 7 nitrogen and oxygen atoms in total. The first-order chi connectivity index (χ1) is 14.8. The summed E-state index contributed by atoms with van der Waals surface area (Å²) < 4.78 is 3.97. The van der Waals surface area contributed by atoms with Crippen molar-refractivity contribution in [2.75, 3.05) is 0 Å². The molecule has 0 atom stereocenters. The molecule has 0 radical (unpaired) electrons. The first-order valence-electron chi connectivity index (χ1n) is 9.35. The third-order valence-electron chi connectivity index (χ3n) is 5.09. The second-order valence-electron chi connectivity index (χ2n) is 6.91. The Bertz CT molecular complexity index is 1530. The number of hydrogen-bond acceptors (Lipinski definition) is 4. The fourth-order valence-corrected chi connectivity index (χ4v) is 3.90. The lowest BCUT2D eigenvalue weighted by Crippen LogP contribution is -2.00. The number of nitrogens with one attached hydrogen (secondary N) is 1. The SMILES string of the molecule is Clc1cccc(-c2nc3ccccn3c2-c2nncn2-c2ccc3cn[nH]c3c2)c1. The van der Waals surface area contributed by atoms with Gasteiger partial charge in [0.2, 0.25) is 0 Å². The van der Waals surface area contributed by atoms with Crippen LogP contribution in [0, 0.1) is 0 Å². The van der Waals surface area contributed by atoms with Gasteiger partial charge in [0.15, 0.2) is 5.82 Å². The van der Waals surface area contributed by atoms with Crippen molar-refractivity contribution in [2.24, 2.45) is 0 Å². The molecule has 0 aliphatic heterocycles. The van der Waals surface area contributed by atoms with Crippen LogP contribution in [0.5, 0.6) is 0 Å². The molecule has 0 saturated heterocycles. The van der Waals surface area contributed by atoms with Gasteiger partial charge in [-0.2, -0.15) is 5.10 Å². The van der Waals surface area contributed by atoms with Gasteiger partial charge >= 0.3 is 0 Å². The second kappa shape index (κ2) is 6.53. The smallest absolute Gasteiger partial charge is 0.187 e. The average Bonchev–Trinajstić information content (AvgIpc) is 3.50. The lowest BCUT2D eigenvalue weighted by atomic mass is 10.1. The molecule has 144 valence electrons. The van der Waals surface area contributed by atoms with E-state index in [-0.39, 0.29) is 0 Å². The standard InChI is InChI=1S/C22H14ClN7/c23-16-5-3-4-14(10-16)20-21(29-9-2-1-6-19(29)26-20)22-28-25-13-30(22)17-8-7-15-12-24-27-18(15)11-17/h1-13H,(H,24,27). The van der Waals surface area contributed by atoms with Crippen LogP contribution in [0.1, 0.15) is 0 Å². The number of benzene rings is 2. The predicted molar refractivity (Wildman–Crippen MR) is 116 cm³/mol. The number of aromatic amines is 1. The molecule has 0 aliphatic carbocycles. The number of H-pyrrole nitrogens is 1. The van der Waals surface area contributed by atoms with E-state index in [1.165, 1.54) is 0 Å². The lowest BCUT2D eigenvalue weighted by molar-refractivity contribution is 1.04. The molecule has 2 aromatic carbocycles. The van der Waals surface area contributed by atoms with E-state index in [1.54, 1.807) is 12.5 Å². The summed E-state index contributed by atoms with van der Waals surface area (Å²) in [5.41, 5.74) is 5.24. The number of rotatable bonds is 3. The van der Waals surface area contributed by atoms with E-state index in [2.05, 4.69) is 20.4 Å². The molecule has 0 amide bonds. The van der Waals surface area contributed by atoms with Gasteiger partial charge in [-0.05, 0) is 42.5 Å². The first kappa shape index (κ1) is 16.9. The highest BCUT2D eigenvalue weighted by Gasteiger charge is 2.21. The molecule has 0 bridgehead atoms. The van der Waals surface area contributed by atoms with Crippen LogP contribution in [0.2, 0.25) is 5.02 Å². The summed E-state index contributed by atoms with van der Waals surface area (Å²) in [5.74, 6) is 0.683. The van der Waals surface area contributed by atoms with Crippen molar-refractivity contribution in [1.29, 1.82) is 0 Å². The van der Waals surface area contributed by atoms with E-state index < -0.39 is 0 Å². The molecule has 0 unspecified atom stereocenters. The molecule has 4 heterocycles. The van der Waals surface area contributed by atoms with Crippen molar-refractivity contribution in [3.8, 4) is 28.5 Å². The minimum absolute atomic E-state index is 0.654. The Morgan fingerprint density at radius 2 is 1.93 bits per heavy atom. The van der Waals surface area contributed by atoms with Gasteiger partial charge in [-0.1, -0.05) is 29.8 Å². The maximum atomic E-state index is 6.27. The Morgan fingerprint density at radius 1 is 0.967 bits per heavy atom. The van der Waals surface area contributed by atoms with E-state index in [9.17, 15) is 0 Å². The van der Waals surface area contributed by atoms with Gasteiger partial charge in [-0.15, -0.1) is 10.2 Å². The molecule has 0 aliphatic rings. The van der Waals surface area contributed by atoms with Crippen LogP contribution in [0.4, 0.5) is 0 Å². The topological polar surface area (TPSA) is 76.7 Å². The van der Waals surface area contributed by atoms with Crippen LogP contribution in [0.15, 0.2) is 79.4 Å². The van der Waals surface area contributed by atoms with E-state index in [0.29, 0.717) is 10.8 Å². The van der Waals surface area contributed by atoms with E-state index in [4.69, 9.17) is 16.6 Å². The second-order valence-corrected chi connectivity index (χ2v) is 7.35. The summed E-state index contributed by atoms with van der Waals surface area (Å²) in [6.45, 7) is 0. The van der Waals surface area contributed by atoms with Gasteiger partial charge in [0.05, 0.1) is 17.4 Å². The molecular weight excluding hydrogens is 398 g/mol. The molecule has 8 heteroatoms. The summed E-state index contributed by atoms with van der Waals surface area (Å²) in [6.07, 6.45) is 5.48. The highest BCUT2D eigenvalue weighted by atomic mass is 35.5. The van der Waals surface area contributed by atoms with Crippen molar-refractivity contribution >= 4 is 28.2 Å². The quantitative estimate of drug-likeness (QED) is 0.454. The van der Waals surface area contributed by atoms with E-state index in [0.717, 1.165) is 39.2 Å². The predicted octanol–water partition coefficient (Wildman–Crippen LogP) is 4.78. The number of imidazole rings is 1. The molecule has 30 heavy (non-hydrogen) atoms. The van der Waals surface area contributed by atoms with Crippen LogP contribution in [-0.2, 0) is 0 Å². The number of fused-ring (bicyclic) bond motifs is 2. The Kier molecular flexibility index (Phi) is 3.69. The van der Waals surface area contributed by atoms with Gasteiger partial charge in [0.25, 0.3) is 0 Å². The van der Waals surface area contributed by atoms with Gasteiger partial charge in [0, 0.05) is 22.2 Å². The zero-order valence-corrected chi connectivity index (χ0v) is 16.3. The van der Waals surface area contributed by atoms with E-state index in [1.807, 2.05) is 75.8 Å². The Morgan fingerprint density at radius 3 is 2.87 bits per heavy atom. The molecule has 4 aromatic heterocycles. The van der Waals surface area contributed by atoms with Crippen LogP contribution in [0.25, 0.3) is 45.0 Å². The molecule has 6 aromatic rings. The van der Waals surface area contributed by atoms with Crippen LogP contribution in [-0.4, -0.2) is 34.3 Å². The minimum atomic E-state index is 0.654. The van der Waals surface area contributed by atoms with E-state index >= 15 is 0 Å². The van der Waals surface area contributed by atoms with Crippen molar-refractivity contribution in [3.63, 3.8) is 0 Å². The summed E-state index contributed by atoms with van der Waals surface area (Å²) in [6, 6.07) is 19.6. The van der Waals surface area contributed by atoms with Gasteiger partial charge < -0.3 is 0 Å². The largest absolute Gasteiger partial charge is 0.296 e. The van der Waals surface area contributed by atoms with Crippen molar-refractivity contribution in [3.05, 3.63) is 84.4 Å². The zero-order valence-electron chi connectivity index (χ0n) is 15.6. The minimum Gasteiger partial charge on any atom is -0.296 e. The fourth-order valence-electron chi connectivity index (χ4n) is 3.71. The number of hydrogen-bond donors (Lipinski definition) is 1. The monoisotopic (exact) mass is 411 g/mol. The maximum Gasteiger partial charge on any atom is 0.187 e. The molecule has 0 spiro atoms. The molecule has 0 saturated carbocycles. The van der Waals surface area contributed by atoms with Crippen LogP contribution in [0.3, 0.4) is 0 Å². The Balaban J connectivity index is 1.63. The normalized spacial score (nSPS) is 11.5. The van der Waals surface area contributed by atoms with Crippen molar-refractivity contribution < 1.29 is 0 Å². The zero-order chi connectivity index (χ0) is 20.1. The van der Waals surface area contributed by atoms with Gasteiger partial charge in [-0.3, -0.25) is 14.1 Å². The summed E-state index contributed by atoms with van der Waals surface area (Å²) in [5, 5.41) is 17.5.